The molecule has 3 aromatic rings. The van der Waals surface area contributed by atoms with E-state index in [1.54, 1.807) is 11.0 Å². The molecule has 0 saturated heterocycles. The van der Waals surface area contributed by atoms with E-state index in [0.717, 1.165) is 11.3 Å². The zero-order valence-corrected chi connectivity index (χ0v) is 15.4. The van der Waals surface area contributed by atoms with Crippen LogP contribution in [-0.4, -0.2) is 37.4 Å². The molecular weight excluding hydrogens is 344 g/mol. The van der Waals surface area contributed by atoms with Crippen molar-refractivity contribution in [3.8, 4) is 0 Å². The lowest BCUT2D eigenvalue weighted by atomic mass is 10.1. The molecule has 0 radical (unpaired) electrons. The van der Waals surface area contributed by atoms with Gasteiger partial charge in [0.2, 0.25) is 0 Å². The smallest absolute Gasteiger partial charge is 0.276 e. The highest BCUT2D eigenvalue weighted by molar-refractivity contribution is 5.92. The molecule has 0 bridgehead atoms. The molecule has 0 spiro atoms. The summed E-state index contributed by atoms with van der Waals surface area (Å²) in [7, 11) is 0. The second-order valence-corrected chi connectivity index (χ2v) is 7.09. The van der Waals surface area contributed by atoms with E-state index in [1.165, 1.54) is 0 Å². The van der Waals surface area contributed by atoms with Gasteiger partial charge in [0, 0.05) is 18.5 Å². The SMILES string of the molecule is CC(C)c1cc(C(=O)N2CCn3nc([C@@H](O)c4ccccc4)cc3C2)no1. The normalized spacial score (nSPS) is 15.0. The molecule has 1 N–H and O–H groups in total. The highest BCUT2D eigenvalue weighted by Gasteiger charge is 2.27. The summed E-state index contributed by atoms with van der Waals surface area (Å²) in [6.45, 7) is 5.54. The van der Waals surface area contributed by atoms with Crippen molar-refractivity contribution in [2.24, 2.45) is 0 Å². The zero-order valence-electron chi connectivity index (χ0n) is 15.4. The molecule has 1 aliphatic rings. The number of carbonyl (C=O) groups excluding carboxylic acids is 1. The molecule has 1 amide bonds. The molecule has 1 aliphatic heterocycles. The number of aliphatic hydroxyl groups is 1. The van der Waals surface area contributed by atoms with E-state index in [-0.39, 0.29) is 11.8 Å². The topological polar surface area (TPSA) is 84.4 Å². The second-order valence-electron chi connectivity index (χ2n) is 7.09. The maximum Gasteiger partial charge on any atom is 0.276 e. The van der Waals surface area contributed by atoms with Crippen LogP contribution in [0.5, 0.6) is 0 Å². The summed E-state index contributed by atoms with van der Waals surface area (Å²) < 4.78 is 7.10. The number of aromatic nitrogens is 3. The summed E-state index contributed by atoms with van der Waals surface area (Å²) in [5.74, 6) is 0.737. The minimum absolute atomic E-state index is 0.150. The zero-order chi connectivity index (χ0) is 19.0. The van der Waals surface area contributed by atoms with Gasteiger partial charge >= 0.3 is 0 Å². The van der Waals surface area contributed by atoms with Gasteiger partial charge < -0.3 is 14.5 Å². The van der Waals surface area contributed by atoms with Gasteiger partial charge in [-0.05, 0) is 11.6 Å². The van der Waals surface area contributed by atoms with Crippen LogP contribution in [0.1, 0.15) is 59.1 Å². The lowest BCUT2D eigenvalue weighted by molar-refractivity contribution is 0.0695. The van der Waals surface area contributed by atoms with Gasteiger partial charge in [-0.3, -0.25) is 9.48 Å². The summed E-state index contributed by atoms with van der Waals surface area (Å²) in [4.78, 5) is 14.5. The lowest BCUT2D eigenvalue weighted by Gasteiger charge is -2.26. The quantitative estimate of drug-likeness (QED) is 0.767. The number of amides is 1. The van der Waals surface area contributed by atoms with E-state index in [4.69, 9.17) is 4.52 Å². The van der Waals surface area contributed by atoms with Gasteiger partial charge in [-0.15, -0.1) is 0 Å². The Hall–Kier alpha value is -2.93. The Morgan fingerprint density at radius 2 is 1.96 bits per heavy atom. The predicted octanol–water partition coefficient (Wildman–Crippen LogP) is 2.73. The predicted molar refractivity (Wildman–Crippen MR) is 98.1 cm³/mol. The van der Waals surface area contributed by atoms with Crippen molar-refractivity contribution < 1.29 is 14.4 Å². The highest BCUT2D eigenvalue weighted by atomic mass is 16.5. The van der Waals surface area contributed by atoms with Crippen LogP contribution >= 0.6 is 0 Å². The first kappa shape index (κ1) is 17.5. The van der Waals surface area contributed by atoms with Crippen LogP contribution < -0.4 is 0 Å². The van der Waals surface area contributed by atoms with E-state index < -0.39 is 6.10 Å². The first-order valence-electron chi connectivity index (χ1n) is 9.08. The Morgan fingerprint density at radius 3 is 2.67 bits per heavy atom. The average Bonchev–Trinajstić information content (AvgIpc) is 3.34. The van der Waals surface area contributed by atoms with Gasteiger partial charge in [0.15, 0.2) is 5.69 Å². The van der Waals surface area contributed by atoms with Gasteiger partial charge in [-0.25, -0.2) is 0 Å². The van der Waals surface area contributed by atoms with Gasteiger partial charge in [0.1, 0.15) is 11.9 Å². The number of aliphatic hydroxyl groups excluding tert-OH is 1. The number of rotatable bonds is 4. The minimum atomic E-state index is -0.780. The molecule has 0 unspecified atom stereocenters. The number of fused-ring (bicyclic) bond motifs is 1. The fraction of sp³-hybridized carbons (Fsp3) is 0.350. The molecule has 7 nitrogen and oxygen atoms in total. The van der Waals surface area contributed by atoms with E-state index in [2.05, 4.69) is 10.3 Å². The third-order valence-corrected chi connectivity index (χ3v) is 4.82. The Morgan fingerprint density at radius 1 is 1.19 bits per heavy atom. The standard InChI is InChI=1S/C20H22N4O3/c1-13(2)18-11-17(22-27-18)20(26)23-8-9-24-15(12-23)10-16(21-24)19(25)14-6-4-3-5-7-14/h3-7,10-11,13,19,25H,8-9,12H2,1-2H3/t19-/m0/s1. The van der Waals surface area contributed by atoms with Gasteiger partial charge in [-0.1, -0.05) is 49.3 Å². The molecule has 3 heterocycles. The van der Waals surface area contributed by atoms with E-state index in [0.29, 0.717) is 36.8 Å². The number of benzene rings is 1. The molecule has 4 rings (SSSR count). The summed E-state index contributed by atoms with van der Waals surface area (Å²) in [6, 6.07) is 13.0. The maximum absolute atomic E-state index is 12.7. The first-order chi connectivity index (χ1) is 13.0. The Balaban J connectivity index is 1.51. The van der Waals surface area contributed by atoms with Crippen LogP contribution in [0.2, 0.25) is 0 Å². The molecule has 7 heteroatoms. The largest absolute Gasteiger partial charge is 0.382 e. The molecule has 2 aromatic heterocycles. The summed E-state index contributed by atoms with van der Waals surface area (Å²) >= 11 is 0. The Labute approximate surface area is 157 Å². The summed E-state index contributed by atoms with van der Waals surface area (Å²) in [5, 5.41) is 19.0. The monoisotopic (exact) mass is 366 g/mol. The van der Waals surface area contributed by atoms with Gasteiger partial charge in [0.05, 0.1) is 24.5 Å². The van der Waals surface area contributed by atoms with E-state index in [9.17, 15) is 9.90 Å². The third kappa shape index (κ3) is 3.38. The van der Waals surface area contributed by atoms with Gasteiger partial charge in [-0.2, -0.15) is 5.10 Å². The second kappa shape index (κ2) is 7.00. The van der Waals surface area contributed by atoms with Crippen molar-refractivity contribution in [3.05, 3.63) is 70.9 Å². The first-order valence-corrected chi connectivity index (χ1v) is 9.08. The average molecular weight is 366 g/mol. The number of nitrogens with zero attached hydrogens (tertiary/aromatic N) is 4. The fourth-order valence-corrected chi connectivity index (χ4v) is 3.23. The lowest BCUT2D eigenvalue weighted by Crippen LogP contribution is -2.38. The molecule has 1 aromatic carbocycles. The summed E-state index contributed by atoms with van der Waals surface area (Å²) in [6.07, 6.45) is -0.780. The van der Waals surface area contributed by atoms with Crippen LogP contribution in [0, 0.1) is 0 Å². The molecule has 27 heavy (non-hydrogen) atoms. The van der Waals surface area contributed by atoms with Crippen LogP contribution in [0.3, 0.4) is 0 Å². The van der Waals surface area contributed by atoms with Crippen molar-refractivity contribution in [2.75, 3.05) is 6.54 Å². The van der Waals surface area contributed by atoms with Crippen LogP contribution in [0.15, 0.2) is 47.0 Å². The molecule has 0 aliphatic carbocycles. The van der Waals surface area contributed by atoms with Crippen molar-refractivity contribution in [3.63, 3.8) is 0 Å². The Kier molecular flexibility index (Phi) is 4.53. The van der Waals surface area contributed by atoms with Gasteiger partial charge in [0.25, 0.3) is 5.91 Å². The maximum atomic E-state index is 12.7. The number of hydrogen-bond donors (Lipinski definition) is 1. The van der Waals surface area contributed by atoms with Crippen molar-refractivity contribution >= 4 is 5.91 Å². The van der Waals surface area contributed by atoms with E-state index >= 15 is 0 Å². The fourth-order valence-electron chi connectivity index (χ4n) is 3.23. The molecular formula is C20H22N4O3. The molecule has 0 saturated carbocycles. The third-order valence-electron chi connectivity index (χ3n) is 4.82. The highest BCUT2D eigenvalue weighted by Crippen LogP contribution is 2.24. The number of carbonyl (C=O) groups is 1. The van der Waals surface area contributed by atoms with Crippen molar-refractivity contribution in [1.29, 1.82) is 0 Å². The molecule has 1 atom stereocenters. The number of hydrogen-bond acceptors (Lipinski definition) is 5. The Bertz CT molecular complexity index is 945. The molecule has 0 fully saturated rings. The van der Waals surface area contributed by atoms with Crippen LogP contribution in [0.25, 0.3) is 0 Å². The summed E-state index contributed by atoms with van der Waals surface area (Å²) in [5.41, 5.74) is 2.61. The minimum Gasteiger partial charge on any atom is -0.382 e. The van der Waals surface area contributed by atoms with E-state index in [1.807, 2.05) is 54.9 Å². The molecule has 140 valence electrons. The van der Waals surface area contributed by atoms with Crippen LogP contribution in [0.4, 0.5) is 0 Å². The van der Waals surface area contributed by atoms with Crippen molar-refractivity contribution in [1.82, 2.24) is 19.8 Å². The van der Waals surface area contributed by atoms with Crippen LogP contribution in [-0.2, 0) is 13.1 Å². The van der Waals surface area contributed by atoms with Crippen molar-refractivity contribution in [2.45, 2.75) is 39.0 Å².